The summed E-state index contributed by atoms with van der Waals surface area (Å²) in [5, 5.41) is 12.4. The fourth-order valence-electron chi connectivity index (χ4n) is 1.06. The van der Waals surface area contributed by atoms with Gasteiger partial charge in [0.2, 0.25) is 0 Å². The number of aromatic hydroxyl groups is 1. The minimum absolute atomic E-state index is 0.147. The van der Waals surface area contributed by atoms with Gasteiger partial charge in [-0.1, -0.05) is 15.9 Å². The first kappa shape index (κ1) is 11.8. The van der Waals surface area contributed by atoms with E-state index in [2.05, 4.69) is 26.0 Å². The van der Waals surface area contributed by atoms with E-state index in [1.54, 1.807) is 18.2 Å². The number of esters is 1. The van der Waals surface area contributed by atoms with Gasteiger partial charge in [0.05, 0.1) is 19.2 Å². The first-order chi connectivity index (χ1) is 7.13. The predicted octanol–water partition coefficient (Wildman–Crippen LogP) is 2.13. The molecule has 4 nitrogen and oxygen atoms in total. The second-order valence-corrected chi connectivity index (χ2v) is 3.83. The van der Waals surface area contributed by atoms with E-state index in [0.717, 1.165) is 4.47 Å². The summed E-state index contributed by atoms with van der Waals surface area (Å²) < 4.78 is 5.29. The van der Waals surface area contributed by atoms with E-state index in [1.165, 1.54) is 7.11 Å². The van der Waals surface area contributed by atoms with E-state index in [4.69, 9.17) is 0 Å². The van der Waals surface area contributed by atoms with Gasteiger partial charge in [-0.3, -0.25) is 4.79 Å². The minimum Gasteiger partial charge on any atom is -0.506 e. The molecule has 2 N–H and O–H groups in total. The van der Waals surface area contributed by atoms with E-state index in [1.807, 2.05) is 0 Å². The third-order valence-electron chi connectivity index (χ3n) is 1.83. The van der Waals surface area contributed by atoms with Crippen LogP contribution in [0, 0.1) is 0 Å². The van der Waals surface area contributed by atoms with Gasteiger partial charge in [-0.15, -0.1) is 0 Å². The molecule has 0 fully saturated rings. The number of phenolic OH excluding ortho intramolecular Hbond substituents is 1. The number of methoxy groups -OCH3 is 1. The summed E-state index contributed by atoms with van der Waals surface area (Å²) in [7, 11) is 1.35. The molecule has 0 saturated carbocycles. The summed E-state index contributed by atoms with van der Waals surface area (Å²) in [6, 6.07) is 5.12. The monoisotopic (exact) mass is 273 g/mol. The number of nitrogens with one attached hydrogen (secondary N) is 1. The van der Waals surface area contributed by atoms with Crippen molar-refractivity contribution in [3.63, 3.8) is 0 Å². The van der Waals surface area contributed by atoms with Gasteiger partial charge in [-0.25, -0.2) is 0 Å². The number of anilines is 1. The highest BCUT2D eigenvalue weighted by atomic mass is 79.9. The van der Waals surface area contributed by atoms with Crippen molar-refractivity contribution >= 4 is 27.6 Å². The highest BCUT2D eigenvalue weighted by molar-refractivity contribution is 9.10. The van der Waals surface area contributed by atoms with Crippen LogP contribution in [0.3, 0.4) is 0 Å². The Kier molecular flexibility index (Phi) is 4.42. The zero-order valence-corrected chi connectivity index (χ0v) is 9.87. The van der Waals surface area contributed by atoms with Crippen molar-refractivity contribution < 1.29 is 14.6 Å². The van der Waals surface area contributed by atoms with Crippen molar-refractivity contribution in [3.8, 4) is 5.75 Å². The zero-order chi connectivity index (χ0) is 11.3. The van der Waals surface area contributed by atoms with Crippen molar-refractivity contribution in [2.75, 3.05) is 19.0 Å². The average molecular weight is 274 g/mol. The molecule has 0 unspecified atom stereocenters. The highest BCUT2D eigenvalue weighted by Crippen LogP contribution is 2.26. The number of carbonyl (C=O) groups is 1. The highest BCUT2D eigenvalue weighted by Gasteiger charge is 2.03. The van der Waals surface area contributed by atoms with Gasteiger partial charge in [0.15, 0.2) is 0 Å². The normalized spacial score (nSPS) is 9.73. The molecule has 0 aliphatic rings. The minimum atomic E-state index is -0.279. The number of carbonyl (C=O) groups excluding carboxylic acids is 1. The summed E-state index contributed by atoms with van der Waals surface area (Å²) in [5.74, 6) is -0.131. The second-order valence-electron chi connectivity index (χ2n) is 2.91. The lowest BCUT2D eigenvalue weighted by atomic mass is 10.3. The lowest BCUT2D eigenvalue weighted by Crippen LogP contribution is -2.09. The van der Waals surface area contributed by atoms with Crippen LogP contribution in [0.25, 0.3) is 0 Å². The average Bonchev–Trinajstić information content (AvgIpc) is 2.21. The van der Waals surface area contributed by atoms with Crippen molar-refractivity contribution in [3.05, 3.63) is 22.7 Å². The Morgan fingerprint density at radius 2 is 2.33 bits per heavy atom. The van der Waals surface area contributed by atoms with Gasteiger partial charge < -0.3 is 15.2 Å². The first-order valence-electron chi connectivity index (χ1n) is 4.42. The molecular formula is C10H12BrNO3. The molecule has 1 rings (SSSR count). The largest absolute Gasteiger partial charge is 0.506 e. The third-order valence-corrected chi connectivity index (χ3v) is 2.33. The summed E-state index contributed by atoms with van der Waals surface area (Å²) in [5.41, 5.74) is 0.599. The van der Waals surface area contributed by atoms with Gasteiger partial charge in [0, 0.05) is 11.0 Å². The molecular weight excluding hydrogens is 262 g/mol. The summed E-state index contributed by atoms with van der Waals surface area (Å²) in [6.45, 7) is 0.432. The Balaban J connectivity index is 2.47. The van der Waals surface area contributed by atoms with Gasteiger partial charge in [-0.2, -0.15) is 0 Å². The fourth-order valence-corrected chi connectivity index (χ4v) is 1.40. The Hall–Kier alpha value is -1.23. The van der Waals surface area contributed by atoms with Crippen molar-refractivity contribution in [2.45, 2.75) is 6.42 Å². The van der Waals surface area contributed by atoms with Crippen molar-refractivity contribution in [1.82, 2.24) is 0 Å². The van der Waals surface area contributed by atoms with Crippen LogP contribution in [0.2, 0.25) is 0 Å². The number of benzene rings is 1. The van der Waals surface area contributed by atoms with Crippen LogP contribution >= 0.6 is 15.9 Å². The molecule has 0 amide bonds. The maximum atomic E-state index is 10.8. The predicted molar refractivity (Wildman–Crippen MR) is 60.9 cm³/mol. The number of halogens is 1. The van der Waals surface area contributed by atoms with Crippen molar-refractivity contribution in [2.24, 2.45) is 0 Å². The molecule has 5 heteroatoms. The third kappa shape index (κ3) is 3.79. The molecule has 0 aromatic heterocycles. The Morgan fingerprint density at radius 1 is 1.60 bits per heavy atom. The number of rotatable bonds is 4. The van der Waals surface area contributed by atoms with Crippen LogP contribution < -0.4 is 5.32 Å². The van der Waals surface area contributed by atoms with E-state index in [9.17, 15) is 9.90 Å². The molecule has 1 aromatic carbocycles. The Bertz CT molecular complexity index is 355. The second kappa shape index (κ2) is 5.60. The Labute approximate surface area is 96.4 Å². The van der Waals surface area contributed by atoms with E-state index >= 15 is 0 Å². The molecule has 0 atom stereocenters. The topological polar surface area (TPSA) is 58.6 Å². The van der Waals surface area contributed by atoms with E-state index in [-0.39, 0.29) is 18.1 Å². The number of hydrogen-bond acceptors (Lipinski definition) is 4. The lowest BCUT2D eigenvalue weighted by Gasteiger charge is -2.07. The molecule has 82 valence electrons. The summed E-state index contributed by atoms with van der Waals surface area (Å²) >= 11 is 3.24. The fraction of sp³-hybridized carbons (Fsp3) is 0.300. The number of phenols is 1. The van der Waals surface area contributed by atoms with Crippen LogP contribution in [0.1, 0.15) is 6.42 Å². The molecule has 1 aromatic rings. The molecule has 0 aliphatic heterocycles. The summed E-state index contributed by atoms with van der Waals surface area (Å²) in [6.07, 6.45) is 0.270. The van der Waals surface area contributed by atoms with Gasteiger partial charge in [0.25, 0.3) is 0 Å². The van der Waals surface area contributed by atoms with Gasteiger partial charge in [-0.05, 0) is 18.2 Å². The molecule has 0 saturated heterocycles. The number of hydrogen-bond donors (Lipinski definition) is 2. The maximum absolute atomic E-state index is 10.8. The van der Waals surface area contributed by atoms with Gasteiger partial charge in [0.1, 0.15) is 5.75 Å². The van der Waals surface area contributed by atoms with Gasteiger partial charge >= 0.3 is 5.97 Å². The number of ether oxygens (including phenoxy) is 1. The standard InChI is InChI=1S/C10H12BrNO3/c1-15-10(14)4-5-12-8-3-2-7(11)6-9(8)13/h2-3,6,12-13H,4-5H2,1H3. The van der Waals surface area contributed by atoms with Crippen LogP contribution in [0.5, 0.6) is 5.75 Å². The zero-order valence-electron chi connectivity index (χ0n) is 8.29. The molecule has 0 heterocycles. The maximum Gasteiger partial charge on any atom is 0.307 e. The molecule has 15 heavy (non-hydrogen) atoms. The summed E-state index contributed by atoms with van der Waals surface area (Å²) in [4.78, 5) is 10.8. The van der Waals surface area contributed by atoms with Crippen LogP contribution in [-0.4, -0.2) is 24.7 Å². The molecule has 0 bridgehead atoms. The molecule has 0 radical (unpaired) electrons. The lowest BCUT2D eigenvalue weighted by molar-refractivity contribution is -0.140. The molecule has 0 aliphatic carbocycles. The molecule has 0 spiro atoms. The van der Waals surface area contributed by atoms with Crippen LogP contribution in [0.4, 0.5) is 5.69 Å². The van der Waals surface area contributed by atoms with E-state index < -0.39 is 0 Å². The van der Waals surface area contributed by atoms with Crippen LogP contribution in [0.15, 0.2) is 22.7 Å². The van der Waals surface area contributed by atoms with Crippen molar-refractivity contribution in [1.29, 1.82) is 0 Å². The SMILES string of the molecule is COC(=O)CCNc1ccc(Br)cc1O. The Morgan fingerprint density at radius 3 is 2.93 bits per heavy atom. The first-order valence-corrected chi connectivity index (χ1v) is 5.22. The van der Waals surface area contributed by atoms with Crippen LogP contribution in [-0.2, 0) is 9.53 Å². The smallest absolute Gasteiger partial charge is 0.307 e. The quantitative estimate of drug-likeness (QED) is 0.652. The van der Waals surface area contributed by atoms with E-state index in [0.29, 0.717) is 12.2 Å².